The maximum absolute atomic E-state index is 12.8. The maximum atomic E-state index is 12.8. The molecule has 0 heterocycles. The molecule has 21 heavy (non-hydrogen) atoms. The van der Waals surface area contributed by atoms with Gasteiger partial charge in [-0.2, -0.15) is 0 Å². The van der Waals surface area contributed by atoms with E-state index in [1.54, 1.807) is 11.8 Å². The van der Waals surface area contributed by atoms with Gasteiger partial charge in [-0.15, -0.1) is 11.8 Å². The van der Waals surface area contributed by atoms with E-state index in [0.29, 0.717) is 17.9 Å². The Kier molecular flexibility index (Phi) is 5.63. The maximum Gasteiger partial charge on any atom is 0.344 e. The molecule has 0 spiro atoms. The molecule has 5 heteroatoms. The molecule has 0 saturated carbocycles. The molecule has 0 bridgehead atoms. The summed E-state index contributed by atoms with van der Waals surface area (Å²) in [7, 11) is 0. The van der Waals surface area contributed by atoms with Crippen LogP contribution in [0.2, 0.25) is 0 Å². The normalized spacial score (nSPS) is 11.9. The average molecular weight is 306 g/mol. The first-order chi connectivity index (χ1) is 10.1. The number of halogens is 1. The minimum Gasteiger partial charge on any atom is -0.479 e. The van der Waals surface area contributed by atoms with Crippen molar-refractivity contribution in [3.05, 3.63) is 60.4 Å². The number of carboxylic acid groups (broad SMARTS) is 1. The fourth-order valence-corrected chi connectivity index (χ4v) is 2.63. The highest BCUT2D eigenvalue weighted by molar-refractivity contribution is 7.99. The monoisotopic (exact) mass is 306 g/mol. The van der Waals surface area contributed by atoms with Crippen molar-refractivity contribution < 1.29 is 19.0 Å². The Morgan fingerprint density at radius 1 is 1.14 bits per heavy atom. The molecule has 0 amide bonds. The minimum absolute atomic E-state index is 0.355. The number of aliphatic carboxylic acids is 1. The molecule has 0 aliphatic heterocycles. The Labute approximate surface area is 126 Å². The van der Waals surface area contributed by atoms with Gasteiger partial charge < -0.3 is 9.84 Å². The summed E-state index contributed by atoms with van der Waals surface area (Å²) in [6.45, 7) is 0. The fraction of sp³-hybridized carbons (Fsp3) is 0.188. The van der Waals surface area contributed by atoms with Gasteiger partial charge in [0.2, 0.25) is 0 Å². The van der Waals surface area contributed by atoms with Gasteiger partial charge in [-0.25, -0.2) is 9.18 Å². The minimum atomic E-state index is -1.02. The van der Waals surface area contributed by atoms with Crippen molar-refractivity contribution in [2.75, 3.05) is 5.75 Å². The molecule has 0 radical (unpaired) electrons. The van der Waals surface area contributed by atoms with Crippen molar-refractivity contribution in [3.63, 3.8) is 0 Å². The number of carboxylic acids is 1. The molecule has 110 valence electrons. The lowest BCUT2D eigenvalue weighted by Crippen LogP contribution is -2.27. The van der Waals surface area contributed by atoms with E-state index in [4.69, 9.17) is 4.74 Å². The van der Waals surface area contributed by atoms with Gasteiger partial charge in [0.1, 0.15) is 11.6 Å². The SMILES string of the molecule is O=C(O)C(CCSc1ccccc1)Oc1ccc(F)cc1. The first-order valence-electron chi connectivity index (χ1n) is 6.48. The molecule has 3 nitrogen and oxygen atoms in total. The van der Waals surface area contributed by atoms with Gasteiger partial charge in [0.15, 0.2) is 6.10 Å². The number of benzene rings is 2. The van der Waals surface area contributed by atoms with Crippen LogP contribution in [0.3, 0.4) is 0 Å². The van der Waals surface area contributed by atoms with E-state index in [-0.39, 0.29) is 5.82 Å². The molecule has 0 aromatic heterocycles. The van der Waals surface area contributed by atoms with E-state index < -0.39 is 12.1 Å². The van der Waals surface area contributed by atoms with E-state index in [0.717, 1.165) is 4.90 Å². The molecule has 2 rings (SSSR count). The van der Waals surface area contributed by atoms with Crippen LogP contribution in [0.25, 0.3) is 0 Å². The quantitative estimate of drug-likeness (QED) is 0.790. The summed E-state index contributed by atoms with van der Waals surface area (Å²) in [5, 5.41) is 9.18. The molecular weight excluding hydrogens is 291 g/mol. The Balaban J connectivity index is 1.87. The number of ether oxygens (including phenoxy) is 1. The Morgan fingerprint density at radius 2 is 1.81 bits per heavy atom. The van der Waals surface area contributed by atoms with Crippen molar-refractivity contribution >= 4 is 17.7 Å². The van der Waals surface area contributed by atoms with Crippen LogP contribution >= 0.6 is 11.8 Å². The number of hydrogen-bond donors (Lipinski definition) is 1. The van der Waals surface area contributed by atoms with E-state index in [1.165, 1.54) is 24.3 Å². The summed E-state index contributed by atoms with van der Waals surface area (Å²) in [5.74, 6) is -0.419. The molecule has 0 saturated heterocycles. The van der Waals surface area contributed by atoms with Crippen molar-refractivity contribution in [2.45, 2.75) is 17.4 Å². The zero-order valence-electron chi connectivity index (χ0n) is 11.2. The number of rotatable bonds is 7. The number of thioether (sulfide) groups is 1. The summed E-state index contributed by atoms with van der Waals surface area (Å²) in [4.78, 5) is 12.3. The number of carbonyl (C=O) groups is 1. The lowest BCUT2D eigenvalue weighted by molar-refractivity contribution is -0.145. The van der Waals surface area contributed by atoms with Crippen molar-refractivity contribution in [3.8, 4) is 5.75 Å². The van der Waals surface area contributed by atoms with Crippen LogP contribution in [0.4, 0.5) is 4.39 Å². The van der Waals surface area contributed by atoms with Gasteiger partial charge in [-0.3, -0.25) is 0 Å². The van der Waals surface area contributed by atoms with Crippen LogP contribution in [-0.4, -0.2) is 22.9 Å². The third-order valence-corrected chi connectivity index (χ3v) is 3.80. The largest absolute Gasteiger partial charge is 0.479 e. The van der Waals surface area contributed by atoms with Crippen LogP contribution in [0.15, 0.2) is 59.5 Å². The van der Waals surface area contributed by atoms with Gasteiger partial charge in [-0.1, -0.05) is 18.2 Å². The van der Waals surface area contributed by atoms with E-state index in [9.17, 15) is 14.3 Å². The molecule has 1 N–H and O–H groups in total. The van der Waals surface area contributed by atoms with E-state index in [2.05, 4.69) is 0 Å². The fourth-order valence-electron chi connectivity index (χ4n) is 1.71. The van der Waals surface area contributed by atoms with Gasteiger partial charge >= 0.3 is 5.97 Å². The predicted octanol–water partition coefficient (Wildman–Crippen LogP) is 3.84. The zero-order valence-corrected chi connectivity index (χ0v) is 12.1. The Hall–Kier alpha value is -2.01. The summed E-state index contributed by atoms with van der Waals surface area (Å²) in [6.07, 6.45) is -0.571. The lowest BCUT2D eigenvalue weighted by Gasteiger charge is -2.14. The lowest BCUT2D eigenvalue weighted by atomic mass is 10.2. The average Bonchev–Trinajstić information content (AvgIpc) is 2.49. The summed E-state index contributed by atoms with van der Waals surface area (Å²) in [5.41, 5.74) is 0. The molecule has 2 aromatic carbocycles. The summed E-state index contributed by atoms with van der Waals surface area (Å²) < 4.78 is 18.2. The molecule has 0 aliphatic carbocycles. The zero-order chi connectivity index (χ0) is 15.1. The van der Waals surface area contributed by atoms with Crippen LogP contribution in [0.5, 0.6) is 5.75 Å². The second kappa shape index (κ2) is 7.69. The second-order valence-corrected chi connectivity index (χ2v) is 5.52. The molecule has 2 aromatic rings. The van der Waals surface area contributed by atoms with Gasteiger partial charge in [0.05, 0.1) is 0 Å². The van der Waals surface area contributed by atoms with Gasteiger partial charge in [0, 0.05) is 17.1 Å². The Bertz CT molecular complexity index is 572. The van der Waals surface area contributed by atoms with E-state index >= 15 is 0 Å². The third-order valence-electron chi connectivity index (χ3n) is 2.76. The van der Waals surface area contributed by atoms with Gasteiger partial charge in [-0.05, 0) is 36.4 Å². The number of hydrogen-bond acceptors (Lipinski definition) is 3. The molecule has 0 fully saturated rings. The van der Waals surface area contributed by atoms with Crippen molar-refractivity contribution in [1.29, 1.82) is 0 Å². The van der Waals surface area contributed by atoms with E-state index in [1.807, 2.05) is 30.3 Å². The summed E-state index contributed by atoms with van der Waals surface area (Å²) >= 11 is 1.58. The third kappa shape index (κ3) is 5.11. The molecular formula is C16H15FO3S. The Morgan fingerprint density at radius 3 is 2.43 bits per heavy atom. The van der Waals surface area contributed by atoms with Crippen molar-refractivity contribution in [1.82, 2.24) is 0 Å². The first-order valence-corrected chi connectivity index (χ1v) is 7.46. The van der Waals surface area contributed by atoms with Crippen LogP contribution in [0.1, 0.15) is 6.42 Å². The highest BCUT2D eigenvalue weighted by Crippen LogP contribution is 2.20. The molecule has 0 aliphatic rings. The highest BCUT2D eigenvalue weighted by Gasteiger charge is 2.19. The van der Waals surface area contributed by atoms with Crippen molar-refractivity contribution in [2.24, 2.45) is 0 Å². The summed E-state index contributed by atoms with van der Waals surface area (Å²) in [6, 6.07) is 15.1. The molecule has 1 unspecified atom stereocenters. The second-order valence-electron chi connectivity index (χ2n) is 4.35. The standard InChI is InChI=1S/C16H15FO3S/c17-12-6-8-13(9-7-12)20-15(16(18)19)10-11-21-14-4-2-1-3-5-14/h1-9,15H,10-11H2,(H,18,19). The van der Waals surface area contributed by atoms with Gasteiger partial charge in [0.25, 0.3) is 0 Å². The predicted molar refractivity (Wildman–Crippen MR) is 80.2 cm³/mol. The molecule has 1 atom stereocenters. The highest BCUT2D eigenvalue weighted by atomic mass is 32.2. The van der Waals surface area contributed by atoms with Crippen LogP contribution in [-0.2, 0) is 4.79 Å². The van der Waals surface area contributed by atoms with Crippen LogP contribution < -0.4 is 4.74 Å². The van der Waals surface area contributed by atoms with Crippen LogP contribution in [0, 0.1) is 5.82 Å². The smallest absolute Gasteiger partial charge is 0.344 e. The first kappa shape index (κ1) is 15.4. The topological polar surface area (TPSA) is 46.5 Å².